The highest BCUT2D eigenvalue weighted by Crippen LogP contribution is 2.04. The Morgan fingerprint density at radius 2 is 2.00 bits per heavy atom. The largest absolute Gasteiger partial charge is 0.370 e. The van der Waals surface area contributed by atoms with Gasteiger partial charge in [-0.15, -0.1) is 0 Å². The quantitative estimate of drug-likeness (QED) is 0.679. The van der Waals surface area contributed by atoms with Gasteiger partial charge in [0.15, 0.2) is 0 Å². The minimum Gasteiger partial charge on any atom is -0.370 e. The molecule has 0 aliphatic rings. The second-order valence-corrected chi connectivity index (χ2v) is 4.00. The van der Waals surface area contributed by atoms with Crippen LogP contribution in [0.1, 0.15) is 30.6 Å². The van der Waals surface area contributed by atoms with E-state index in [2.05, 4.69) is 27.9 Å². The molecule has 6 nitrogen and oxygen atoms in total. The second-order valence-electron chi connectivity index (χ2n) is 4.00. The van der Waals surface area contributed by atoms with Crippen LogP contribution in [0.15, 0.2) is 18.3 Å². The number of amides is 2. The summed E-state index contributed by atoms with van der Waals surface area (Å²) in [6.45, 7) is 5.26. The minimum absolute atomic E-state index is 0.0253. The minimum atomic E-state index is -0.305. The van der Waals surface area contributed by atoms with Crippen molar-refractivity contribution in [3.63, 3.8) is 0 Å². The summed E-state index contributed by atoms with van der Waals surface area (Å²) >= 11 is 0. The normalized spacial score (nSPS) is 9.79. The van der Waals surface area contributed by atoms with Gasteiger partial charge in [-0.25, -0.2) is 4.98 Å². The van der Waals surface area contributed by atoms with Crippen molar-refractivity contribution in [1.29, 1.82) is 0 Å². The SMILES string of the molecule is CCCNc1ccc(C(=O)NCC(=O)NCC)cn1. The molecule has 104 valence electrons. The molecule has 0 aromatic carbocycles. The molecule has 0 bridgehead atoms. The lowest BCUT2D eigenvalue weighted by molar-refractivity contribution is -0.120. The van der Waals surface area contributed by atoms with Gasteiger partial charge in [-0.2, -0.15) is 0 Å². The zero-order chi connectivity index (χ0) is 14.1. The third-order valence-corrected chi connectivity index (χ3v) is 2.37. The third kappa shape index (κ3) is 5.37. The predicted molar refractivity (Wildman–Crippen MR) is 74.0 cm³/mol. The Morgan fingerprint density at radius 1 is 1.21 bits per heavy atom. The molecule has 0 aliphatic carbocycles. The van der Waals surface area contributed by atoms with E-state index in [1.165, 1.54) is 6.20 Å². The van der Waals surface area contributed by atoms with Crippen LogP contribution in [0.5, 0.6) is 0 Å². The van der Waals surface area contributed by atoms with E-state index in [1.54, 1.807) is 12.1 Å². The molecule has 19 heavy (non-hydrogen) atoms. The van der Waals surface area contributed by atoms with Gasteiger partial charge in [0.1, 0.15) is 5.82 Å². The average Bonchev–Trinajstić information content (AvgIpc) is 2.43. The first-order valence-electron chi connectivity index (χ1n) is 6.42. The topological polar surface area (TPSA) is 83.1 Å². The first-order valence-corrected chi connectivity index (χ1v) is 6.42. The highest BCUT2D eigenvalue weighted by atomic mass is 16.2. The standard InChI is InChI=1S/C13H20N4O2/c1-3-7-15-11-6-5-10(8-16-11)13(19)17-9-12(18)14-4-2/h5-6,8H,3-4,7,9H2,1-2H3,(H,14,18)(H,15,16)(H,17,19). The van der Waals surface area contributed by atoms with Crippen LogP contribution in [0.3, 0.4) is 0 Å². The lowest BCUT2D eigenvalue weighted by Crippen LogP contribution is -2.36. The molecule has 2 amide bonds. The van der Waals surface area contributed by atoms with Gasteiger partial charge in [-0.3, -0.25) is 9.59 Å². The molecule has 1 rings (SSSR count). The summed E-state index contributed by atoms with van der Waals surface area (Å²) < 4.78 is 0. The molecule has 0 atom stereocenters. The lowest BCUT2D eigenvalue weighted by atomic mass is 10.2. The fourth-order valence-corrected chi connectivity index (χ4v) is 1.41. The summed E-state index contributed by atoms with van der Waals surface area (Å²) in [5.74, 6) is 0.230. The predicted octanol–water partition coefficient (Wildman–Crippen LogP) is 0.769. The van der Waals surface area contributed by atoms with E-state index in [4.69, 9.17) is 0 Å². The van der Waals surface area contributed by atoms with Gasteiger partial charge in [0, 0.05) is 19.3 Å². The molecule has 6 heteroatoms. The number of rotatable bonds is 7. The number of nitrogens with zero attached hydrogens (tertiary/aromatic N) is 1. The van der Waals surface area contributed by atoms with Crippen molar-refractivity contribution in [2.75, 3.05) is 25.0 Å². The maximum absolute atomic E-state index is 11.7. The molecule has 0 aliphatic heterocycles. The number of hydrogen-bond acceptors (Lipinski definition) is 4. The Labute approximate surface area is 113 Å². The summed E-state index contributed by atoms with van der Waals surface area (Å²) in [6, 6.07) is 3.43. The first kappa shape index (κ1) is 14.9. The second kappa shape index (κ2) is 8.07. The molecule has 1 aromatic rings. The summed E-state index contributed by atoms with van der Waals surface area (Å²) in [6.07, 6.45) is 2.50. The molecule has 0 fully saturated rings. The monoisotopic (exact) mass is 264 g/mol. The molecular weight excluding hydrogens is 244 g/mol. The van der Waals surface area contributed by atoms with Crippen molar-refractivity contribution in [1.82, 2.24) is 15.6 Å². The number of pyridine rings is 1. The fourth-order valence-electron chi connectivity index (χ4n) is 1.41. The third-order valence-electron chi connectivity index (χ3n) is 2.37. The molecule has 0 radical (unpaired) electrons. The van der Waals surface area contributed by atoms with Crippen molar-refractivity contribution < 1.29 is 9.59 Å². The van der Waals surface area contributed by atoms with Crippen LogP contribution >= 0.6 is 0 Å². The van der Waals surface area contributed by atoms with Crippen LogP contribution in [0.4, 0.5) is 5.82 Å². The number of anilines is 1. The van der Waals surface area contributed by atoms with Crippen molar-refractivity contribution in [3.05, 3.63) is 23.9 Å². The van der Waals surface area contributed by atoms with Crippen molar-refractivity contribution >= 4 is 17.6 Å². The Balaban J connectivity index is 2.46. The Kier molecular flexibility index (Phi) is 6.35. The van der Waals surface area contributed by atoms with Crippen molar-refractivity contribution in [2.45, 2.75) is 20.3 Å². The number of aromatic nitrogens is 1. The van der Waals surface area contributed by atoms with Crippen molar-refractivity contribution in [2.24, 2.45) is 0 Å². The van der Waals surface area contributed by atoms with Crippen LogP contribution in [-0.2, 0) is 4.79 Å². The molecular formula is C13H20N4O2. The van der Waals surface area contributed by atoms with Gasteiger partial charge in [0.05, 0.1) is 12.1 Å². The van der Waals surface area contributed by atoms with Crippen LogP contribution in [0, 0.1) is 0 Å². The van der Waals surface area contributed by atoms with E-state index in [0.29, 0.717) is 12.1 Å². The highest BCUT2D eigenvalue weighted by Gasteiger charge is 2.07. The lowest BCUT2D eigenvalue weighted by Gasteiger charge is -2.06. The summed E-state index contributed by atoms with van der Waals surface area (Å²) in [7, 11) is 0. The molecule has 0 spiro atoms. The number of likely N-dealkylation sites (N-methyl/N-ethyl adjacent to an activating group) is 1. The van der Waals surface area contributed by atoms with E-state index in [0.717, 1.165) is 18.8 Å². The van der Waals surface area contributed by atoms with Gasteiger partial charge in [0.25, 0.3) is 5.91 Å². The Bertz CT molecular complexity index is 417. The Morgan fingerprint density at radius 3 is 2.58 bits per heavy atom. The maximum Gasteiger partial charge on any atom is 0.253 e. The van der Waals surface area contributed by atoms with Crippen LogP contribution in [0.25, 0.3) is 0 Å². The molecule has 0 saturated carbocycles. The zero-order valence-electron chi connectivity index (χ0n) is 11.3. The average molecular weight is 264 g/mol. The van der Waals surface area contributed by atoms with Crippen LogP contribution in [0.2, 0.25) is 0 Å². The van der Waals surface area contributed by atoms with Crippen molar-refractivity contribution in [3.8, 4) is 0 Å². The number of carbonyl (C=O) groups excluding carboxylic acids is 2. The van der Waals surface area contributed by atoms with E-state index in [-0.39, 0.29) is 18.4 Å². The summed E-state index contributed by atoms with van der Waals surface area (Å²) in [4.78, 5) is 27.1. The summed E-state index contributed by atoms with van der Waals surface area (Å²) in [5, 5.41) is 8.26. The molecule has 1 aromatic heterocycles. The number of carbonyl (C=O) groups is 2. The van der Waals surface area contributed by atoms with Gasteiger partial charge < -0.3 is 16.0 Å². The highest BCUT2D eigenvalue weighted by molar-refractivity contribution is 5.96. The number of nitrogens with one attached hydrogen (secondary N) is 3. The van der Waals surface area contributed by atoms with E-state index in [9.17, 15) is 9.59 Å². The van der Waals surface area contributed by atoms with E-state index < -0.39 is 0 Å². The van der Waals surface area contributed by atoms with Gasteiger partial charge in [0.2, 0.25) is 5.91 Å². The van der Waals surface area contributed by atoms with Crippen LogP contribution < -0.4 is 16.0 Å². The van der Waals surface area contributed by atoms with E-state index in [1.807, 2.05) is 6.92 Å². The Hall–Kier alpha value is -2.11. The molecule has 3 N–H and O–H groups in total. The van der Waals surface area contributed by atoms with Gasteiger partial charge >= 0.3 is 0 Å². The summed E-state index contributed by atoms with van der Waals surface area (Å²) in [5.41, 5.74) is 0.436. The van der Waals surface area contributed by atoms with Crippen LogP contribution in [-0.4, -0.2) is 36.4 Å². The molecule has 0 unspecified atom stereocenters. The zero-order valence-corrected chi connectivity index (χ0v) is 11.3. The van der Waals surface area contributed by atoms with E-state index >= 15 is 0 Å². The van der Waals surface area contributed by atoms with Gasteiger partial charge in [-0.05, 0) is 25.5 Å². The van der Waals surface area contributed by atoms with Gasteiger partial charge in [-0.1, -0.05) is 6.92 Å². The smallest absolute Gasteiger partial charge is 0.253 e. The fraction of sp³-hybridized carbons (Fsp3) is 0.462. The molecule has 0 saturated heterocycles. The number of hydrogen-bond donors (Lipinski definition) is 3. The molecule has 1 heterocycles. The first-order chi connectivity index (χ1) is 9.17. The maximum atomic E-state index is 11.7.